The van der Waals surface area contributed by atoms with E-state index in [0.717, 1.165) is 11.3 Å². The molecule has 0 radical (unpaired) electrons. The van der Waals surface area contributed by atoms with Crippen LogP contribution < -0.4 is 10.6 Å². The summed E-state index contributed by atoms with van der Waals surface area (Å²) in [6, 6.07) is 7.64. The van der Waals surface area contributed by atoms with Crippen LogP contribution in [0.15, 0.2) is 36.7 Å². The van der Waals surface area contributed by atoms with Crippen LogP contribution in [-0.2, 0) is 0 Å². The van der Waals surface area contributed by atoms with E-state index in [1.54, 1.807) is 25.5 Å². The second kappa shape index (κ2) is 5.52. The number of aryl methyl sites for hydroxylation is 2. The Kier molecular flexibility index (Phi) is 3.80. The number of hydrogen-bond donors (Lipinski definition) is 2. The van der Waals surface area contributed by atoms with Gasteiger partial charge in [0.05, 0.1) is 17.4 Å². The first-order valence-electron chi connectivity index (χ1n) is 6.12. The first-order valence-corrected chi connectivity index (χ1v) is 6.12. The molecule has 2 N–H and O–H groups in total. The average Bonchev–Trinajstić information content (AvgIpc) is 2.41. The van der Waals surface area contributed by atoms with Gasteiger partial charge in [0.2, 0.25) is 0 Å². The van der Waals surface area contributed by atoms with Gasteiger partial charge in [0, 0.05) is 18.9 Å². The van der Waals surface area contributed by atoms with Crippen LogP contribution in [0.5, 0.6) is 0 Å². The third-order valence-corrected chi connectivity index (χ3v) is 2.97. The number of carbonyl (C=O) groups is 1. The molecule has 0 bridgehead atoms. The molecule has 19 heavy (non-hydrogen) atoms. The Bertz CT molecular complexity index is 608. The molecule has 0 aliphatic carbocycles. The number of benzene rings is 1. The van der Waals surface area contributed by atoms with E-state index in [-0.39, 0.29) is 5.91 Å². The molecule has 4 heteroatoms. The van der Waals surface area contributed by atoms with Crippen molar-refractivity contribution in [1.82, 2.24) is 4.98 Å². The Labute approximate surface area is 112 Å². The van der Waals surface area contributed by atoms with E-state index >= 15 is 0 Å². The van der Waals surface area contributed by atoms with Crippen LogP contribution in [0.25, 0.3) is 0 Å². The van der Waals surface area contributed by atoms with Gasteiger partial charge >= 0.3 is 0 Å². The maximum absolute atomic E-state index is 12.3. The normalized spacial score (nSPS) is 10.1. The lowest BCUT2D eigenvalue weighted by Gasteiger charge is -2.11. The number of nitrogens with zero attached hydrogens (tertiary/aromatic N) is 1. The molecule has 0 saturated carbocycles. The molecule has 0 saturated heterocycles. The van der Waals surface area contributed by atoms with E-state index in [1.165, 1.54) is 5.56 Å². The van der Waals surface area contributed by atoms with Crippen LogP contribution >= 0.6 is 0 Å². The summed E-state index contributed by atoms with van der Waals surface area (Å²) in [4.78, 5) is 16.2. The van der Waals surface area contributed by atoms with Gasteiger partial charge in [-0.15, -0.1) is 0 Å². The minimum atomic E-state index is -0.140. The zero-order chi connectivity index (χ0) is 13.8. The largest absolute Gasteiger partial charge is 0.386 e. The summed E-state index contributed by atoms with van der Waals surface area (Å²) in [7, 11) is 1.77. The van der Waals surface area contributed by atoms with E-state index in [2.05, 4.69) is 15.6 Å². The van der Waals surface area contributed by atoms with Gasteiger partial charge in [-0.3, -0.25) is 9.78 Å². The number of hydrogen-bond acceptors (Lipinski definition) is 3. The van der Waals surface area contributed by atoms with E-state index in [9.17, 15) is 4.79 Å². The number of pyridine rings is 1. The molecule has 1 amide bonds. The van der Waals surface area contributed by atoms with Gasteiger partial charge in [-0.1, -0.05) is 17.7 Å². The van der Waals surface area contributed by atoms with Gasteiger partial charge in [-0.25, -0.2) is 0 Å². The van der Waals surface area contributed by atoms with Gasteiger partial charge in [-0.05, 0) is 31.5 Å². The number of amides is 1. The summed E-state index contributed by atoms with van der Waals surface area (Å²) in [6.45, 7) is 4.01. The molecule has 2 aromatic rings. The van der Waals surface area contributed by atoms with Crippen molar-refractivity contribution in [3.8, 4) is 0 Å². The summed E-state index contributed by atoms with van der Waals surface area (Å²) in [5.74, 6) is -0.140. The van der Waals surface area contributed by atoms with Crippen LogP contribution in [0.2, 0.25) is 0 Å². The lowest BCUT2D eigenvalue weighted by Crippen LogP contribution is -2.14. The predicted molar refractivity (Wildman–Crippen MR) is 77.7 cm³/mol. The zero-order valence-electron chi connectivity index (χ0n) is 11.3. The summed E-state index contributed by atoms with van der Waals surface area (Å²) < 4.78 is 0. The number of anilines is 2. The Morgan fingerprint density at radius 2 is 1.95 bits per heavy atom. The minimum Gasteiger partial charge on any atom is -0.386 e. The fraction of sp³-hybridized carbons (Fsp3) is 0.200. The molecule has 4 nitrogen and oxygen atoms in total. The summed E-state index contributed by atoms with van der Waals surface area (Å²) in [5, 5.41) is 5.88. The van der Waals surface area contributed by atoms with Crippen LogP contribution in [0.3, 0.4) is 0 Å². The van der Waals surface area contributed by atoms with Crippen molar-refractivity contribution in [3.05, 3.63) is 53.3 Å². The van der Waals surface area contributed by atoms with E-state index in [1.807, 2.05) is 32.0 Å². The van der Waals surface area contributed by atoms with Crippen molar-refractivity contribution in [3.63, 3.8) is 0 Å². The number of aromatic nitrogens is 1. The van der Waals surface area contributed by atoms with Crippen molar-refractivity contribution in [1.29, 1.82) is 0 Å². The topological polar surface area (TPSA) is 54.0 Å². The quantitative estimate of drug-likeness (QED) is 0.886. The standard InChI is InChI=1S/C15H17N3O/c1-10-4-5-13(11(2)8-10)18-15(19)12-6-7-17-9-14(12)16-3/h4-9,16H,1-3H3,(H,18,19). The highest BCUT2D eigenvalue weighted by Crippen LogP contribution is 2.19. The molecule has 0 aliphatic rings. The van der Waals surface area contributed by atoms with Gasteiger partial charge in [0.1, 0.15) is 0 Å². The maximum atomic E-state index is 12.3. The Morgan fingerprint density at radius 3 is 2.63 bits per heavy atom. The molecule has 2 rings (SSSR count). The zero-order valence-corrected chi connectivity index (χ0v) is 11.3. The number of nitrogens with one attached hydrogen (secondary N) is 2. The molecular formula is C15H17N3O. The second-order valence-electron chi connectivity index (χ2n) is 4.44. The molecule has 0 unspecified atom stereocenters. The highest BCUT2D eigenvalue weighted by Gasteiger charge is 2.11. The lowest BCUT2D eigenvalue weighted by atomic mass is 10.1. The average molecular weight is 255 g/mol. The van der Waals surface area contributed by atoms with Crippen LogP contribution in [0, 0.1) is 13.8 Å². The molecule has 98 valence electrons. The first kappa shape index (κ1) is 13.1. The number of carbonyl (C=O) groups excluding carboxylic acids is 1. The molecule has 0 aliphatic heterocycles. The summed E-state index contributed by atoms with van der Waals surface area (Å²) in [5.41, 5.74) is 4.35. The van der Waals surface area contributed by atoms with Crippen LogP contribution in [-0.4, -0.2) is 17.9 Å². The lowest BCUT2D eigenvalue weighted by molar-refractivity contribution is 0.102. The third-order valence-electron chi connectivity index (χ3n) is 2.97. The monoisotopic (exact) mass is 255 g/mol. The first-order chi connectivity index (χ1) is 9.11. The van der Waals surface area contributed by atoms with Gasteiger partial charge < -0.3 is 10.6 Å². The smallest absolute Gasteiger partial charge is 0.257 e. The van der Waals surface area contributed by atoms with Gasteiger partial charge in [0.15, 0.2) is 0 Å². The van der Waals surface area contributed by atoms with Crippen molar-refractivity contribution < 1.29 is 4.79 Å². The van der Waals surface area contributed by atoms with Gasteiger partial charge in [0.25, 0.3) is 5.91 Å². The summed E-state index contributed by atoms with van der Waals surface area (Å²) >= 11 is 0. The SMILES string of the molecule is CNc1cnccc1C(=O)Nc1ccc(C)cc1C. The van der Waals surface area contributed by atoms with Crippen LogP contribution in [0.1, 0.15) is 21.5 Å². The molecule has 0 fully saturated rings. The van der Waals surface area contributed by atoms with Crippen molar-refractivity contribution in [2.45, 2.75) is 13.8 Å². The highest BCUT2D eigenvalue weighted by molar-refractivity contribution is 6.08. The Morgan fingerprint density at radius 1 is 1.16 bits per heavy atom. The van der Waals surface area contributed by atoms with Gasteiger partial charge in [-0.2, -0.15) is 0 Å². The Balaban J connectivity index is 2.26. The highest BCUT2D eigenvalue weighted by atomic mass is 16.1. The number of rotatable bonds is 3. The van der Waals surface area contributed by atoms with Crippen molar-refractivity contribution in [2.24, 2.45) is 0 Å². The summed E-state index contributed by atoms with van der Waals surface area (Å²) in [6.07, 6.45) is 3.24. The molecular weight excluding hydrogens is 238 g/mol. The van der Waals surface area contributed by atoms with Crippen LogP contribution in [0.4, 0.5) is 11.4 Å². The Hall–Kier alpha value is -2.36. The fourth-order valence-electron chi connectivity index (χ4n) is 1.94. The predicted octanol–water partition coefficient (Wildman–Crippen LogP) is 2.99. The van der Waals surface area contributed by atoms with E-state index < -0.39 is 0 Å². The fourth-order valence-corrected chi connectivity index (χ4v) is 1.94. The minimum absolute atomic E-state index is 0.140. The molecule has 0 atom stereocenters. The van der Waals surface area contributed by atoms with E-state index in [0.29, 0.717) is 11.3 Å². The molecule has 1 aromatic heterocycles. The maximum Gasteiger partial charge on any atom is 0.257 e. The van der Waals surface area contributed by atoms with E-state index in [4.69, 9.17) is 0 Å². The molecule has 1 aromatic carbocycles. The van der Waals surface area contributed by atoms with Crippen molar-refractivity contribution >= 4 is 17.3 Å². The van der Waals surface area contributed by atoms with Crippen molar-refractivity contribution in [2.75, 3.05) is 17.7 Å². The second-order valence-corrected chi connectivity index (χ2v) is 4.44. The molecule has 0 spiro atoms. The molecule has 1 heterocycles. The third kappa shape index (κ3) is 2.91.